The molecular formula is C32H47Br3Cl3F3N2O4P26Zn. The van der Waals surface area contributed by atoms with Crippen LogP contribution < -0.4 is 0 Å². The summed E-state index contributed by atoms with van der Waals surface area (Å²) in [4.78, 5) is 39.5. The number of methoxy groups -OCH3 is 1. The Balaban J connectivity index is 0.000000952. The Morgan fingerprint density at radius 3 is 1.30 bits per heavy atom. The number of esters is 1. The Hall–Kier alpha value is 8.67. The van der Waals surface area contributed by atoms with Crippen LogP contribution in [-0.4, -0.2) is 35.6 Å². The smallest absolute Gasteiger partial charge is 0.0813 e. The predicted molar refractivity (Wildman–Crippen MR) is 406 cm³/mol. The van der Waals surface area contributed by atoms with E-state index in [-0.39, 0.29) is 116 Å². The second-order valence-electron chi connectivity index (χ2n) is 12.3. The fraction of sp³-hybridized carbons (Fsp3) is 0.0312. The molecule has 74 heavy (non-hydrogen) atoms. The summed E-state index contributed by atoms with van der Waals surface area (Å²) in [7, 11) is 46.5. The van der Waals surface area contributed by atoms with E-state index in [0.29, 0.717) is 32.8 Å². The first-order chi connectivity index (χ1) is 34.7. The maximum atomic E-state index is 13.5. The van der Waals surface area contributed by atoms with E-state index in [9.17, 15) is 27.6 Å². The van der Waals surface area contributed by atoms with Crippen LogP contribution in [0.1, 0.15) is 31.1 Å². The van der Waals surface area contributed by atoms with Crippen molar-refractivity contribution >= 4 is 308 Å². The van der Waals surface area contributed by atoms with E-state index in [1.807, 2.05) is 12.1 Å². The molecule has 0 N–H and O–H groups in total. The fourth-order valence-electron chi connectivity index (χ4n) is 4.54. The van der Waals surface area contributed by atoms with Crippen LogP contribution in [0.15, 0.2) is 94.1 Å². The van der Waals surface area contributed by atoms with Gasteiger partial charge >= 0.3 is 35.9 Å². The molecule has 15 unspecified atom stereocenters. The normalized spacial score (nSPS) is 11.4. The topological polar surface area (TPSA) is 86.2 Å². The summed E-state index contributed by atoms with van der Waals surface area (Å²) >= 11 is 27.3. The third kappa shape index (κ3) is 30.9. The molecule has 404 valence electrons. The molecule has 0 bridgehead atoms. The van der Waals surface area contributed by atoms with Crippen LogP contribution in [0.5, 0.6) is 0 Å². The van der Waals surface area contributed by atoms with E-state index in [4.69, 9.17) is 34.8 Å². The van der Waals surface area contributed by atoms with Crippen LogP contribution in [0.4, 0.5) is 13.2 Å². The molecule has 5 rings (SSSR count). The van der Waals surface area contributed by atoms with E-state index >= 15 is 0 Å². The standard InChI is InChI=1S/C12H7ClFNO.C8H5BrClFO2.C7H3BrClFO.C5H4N.BrH.H28P26.Zn/c13-10-5-8(6-11(14)9(10)7-16)12-3-1-2-4-15-12;1-13-8(12)7-5(10)2-4(9)3-6(7)11;8-4-1-6(9)5(3-11)7(10)2-4;1-2-4-6-5-3-1;;1-15(2)22(16(3)4)25(21(13)14)26(23(17(5)6)18(7)8)24(19(9)10)20(11)12;/h1-7H;2-3H,1H3;1-3H;1-4H;1H;1-14H2;/q;;;-1;;;+2/p-1. The third-order valence-electron chi connectivity index (χ3n) is 7.32. The zero-order valence-corrected chi connectivity index (χ0v) is 74.7. The molecule has 0 radical (unpaired) electrons. The fourth-order valence-corrected chi connectivity index (χ4v) is 341. The molecule has 2 aromatic heterocycles. The maximum absolute atomic E-state index is 13.5. The molecule has 3 aromatic carbocycles. The SMILES string of the molecule is COC(=O)c1c(F)cc(Br)cc1Cl.O=Cc1c(F)cc(-c2ccccn2)cc1Cl.O=Cc1c(F)cc(Br)cc1Cl.PP(P)P(P(P)P)P(P(P)P)P(P(P(P)P)P(P)P)P(P(P)P)P(P)P.[Zn+][Br].[c-]1ccccn1. The molecule has 0 spiro atoms. The van der Waals surface area contributed by atoms with E-state index in [1.54, 1.807) is 36.7 Å². The van der Waals surface area contributed by atoms with Gasteiger partial charge in [0.05, 0.1) is 39.0 Å². The summed E-state index contributed by atoms with van der Waals surface area (Å²) in [6, 6.07) is 18.8. The Morgan fingerprint density at radius 1 is 0.581 bits per heavy atom. The van der Waals surface area contributed by atoms with Crippen LogP contribution in [0.25, 0.3) is 11.3 Å². The molecule has 2 heterocycles. The van der Waals surface area contributed by atoms with Crippen molar-refractivity contribution in [3.05, 3.63) is 150 Å². The molecule has 42 heteroatoms. The zero-order valence-electron chi connectivity index (χ0n) is 37.8. The summed E-state index contributed by atoms with van der Waals surface area (Å²) < 4.78 is 44.7. The number of hydrogen-bond donors (Lipinski definition) is 0. The van der Waals surface area contributed by atoms with E-state index in [2.05, 4.69) is 191 Å². The zero-order chi connectivity index (χ0) is 57.2. The molecule has 0 amide bonds. The first kappa shape index (κ1) is 82.7. The molecule has 0 saturated heterocycles. The summed E-state index contributed by atoms with van der Waals surface area (Å²) in [6.45, 7) is 0.206. The van der Waals surface area contributed by atoms with E-state index in [0.717, 1.165) is 6.07 Å². The van der Waals surface area contributed by atoms with Gasteiger partial charge in [-0.1, -0.05) is 85.1 Å². The Bertz CT molecular complexity index is 2340. The minimum atomic E-state index is -0.782. The Morgan fingerprint density at radius 2 is 0.986 bits per heavy atom. The van der Waals surface area contributed by atoms with Crippen molar-refractivity contribution in [1.82, 2.24) is 9.97 Å². The molecule has 0 aliphatic rings. The molecule has 0 saturated carbocycles. The predicted octanol–water partition coefficient (Wildman–Crippen LogP) is 26.1. The quantitative estimate of drug-likeness (QED) is 0.0341. The van der Waals surface area contributed by atoms with E-state index in [1.165, 1.54) is 53.8 Å². The van der Waals surface area contributed by atoms with Crippen LogP contribution in [0.2, 0.25) is 15.1 Å². The average Bonchev–Trinajstić information content (AvgIpc) is 3.31. The van der Waals surface area contributed by atoms with Gasteiger partial charge in [-0.25, -0.2) is 18.0 Å². The summed E-state index contributed by atoms with van der Waals surface area (Å²) in [5.74, 6) is -2.73. The monoisotopic (exact) mass is 1790 g/mol. The number of rotatable bonds is 15. The van der Waals surface area contributed by atoms with Gasteiger partial charge in [-0.15, -0.1) is 125 Å². The molecule has 6 nitrogen and oxygen atoms in total. The number of aldehydes is 2. The summed E-state index contributed by atoms with van der Waals surface area (Å²) in [5, 5.41) is 0.237. The molecule has 15 atom stereocenters. The van der Waals surface area contributed by atoms with Gasteiger partial charge in [0.2, 0.25) is 0 Å². The Kier molecular flexibility index (Phi) is 52.2. The molecule has 5 aromatic rings. The number of nitrogens with zero attached hydrogens (tertiary/aromatic N) is 2. The Labute approximate surface area is 527 Å². The first-order valence-corrected chi connectivity index (χ1v) is 74.7. The van der Waals surface area contributed by atoms with Crippen molar-refractivity contribution in [2.45, 2.75) is 0 Å². The maximum Gasteiger partial charge on any atom is -0.0813 e. The van der Waals surface area contributed by atoms with Gasteiger partial charge in [0.1, 0.15) is 23.0 Å². The van der Waals surface area contributed by atoms with Gasteiger partial charge in [-0.2, -0.15) is 18.2 Å². The number of aromatic nitrogens is 2. The average molecular weight is 1800 g/mol. The second kappa shape index (κ2) is 46.7. The van der Waals surface area contributed by atoms with Crippen LogP contribution in [0, 0.1) is 23.6 Å². The van der Waals surface area contributed by atoms with Gasteiger partial charge in [-0.3, -0.25) is 14.6 Å². The van der Waals surface area contributed by atoms with Crippen molar-refractivity contribution < 1.29 is 48.6 Å². The van der Waals surface area contributed by atoms with Crippen molar-refractivity contribution in [1.29, 1.82) is 0 Å². The van der Waals surface area contributed by atoms with Gasteiger partial charge < -0.3 is 9.72 Å². The van der Waals surface area contributed by atoms with Gasteiger partial charge in [0.15, 0.2) is 12.6 Å². The van der Waals surface area contributed by atoms with Gasteiger partial charge in [0.25, 0.3) is 0 Å². The summed E-state index contributed by atoms with van der Waals surface area (Å²) in [5.41, 5.74) is 0.693. The van der Waals surface area contributed by atoms with Crippen molar-refractivity contribution in [2.24, 2.45) is 0 Å². The van der Waals surface area contributed by atoms with Crippen molar-refractivity contribution in [2.75, 3.05) is 7.11 Å². The number of ether oxygens (including phenoxy) is 1. The van der Waals surface area contributed by atoms with E-state index < -0.39 is 23.4 Å². The number of pyridine rings is 2. The minimum Gasteiger partial charge on any atom is -0.394 e. The molecule has 0 aliphatic heterocycles. The van der Waals surface area contributed by atoms with Gasteiger partial charge in [0, 0.05) is 20.7 Å². The number of carbonyl (C=O) groups is 3. The second-order valence-corrected chi connectivity index (χ2v) is 119. The molecule has 0 fully saturated rings. The summed E-state index contributed by atoms with van der Waals surface area (Å²) in [6.07, 6.45) is 6.74. The largest absolute Gasteiger partial charge is 0.394 e. The van der Waals surface area contributed by atoms with Crippen molar-refractivity contribution in [3.63, 3.8) is 0 Å². The van der Waals surface area contributed by atoms with Gasteiger partial charge in [-0.05, 0) is 132 Å². The van der Waals surface area contributed by atoms with Crippen LogP contribution >= 0.6 is 289 Å². The first-order valence-electron chi connectivity index (χ1n) is 18.5. The number of halogens is 9. The van der Waals surface area contributed by atoms with Crippen molar-refractivity contribution in [3.8, 4) is 11.3 Å². The van der Waals surface area contributed by atoms with Crippen LogP contribution in [0.3, 0.4) is 0 Å². The third-order valence-corrected chi connectivity index (χ3v) is 176. The molecular weight excluding hydrogens is 1750 g/mol. The number of hydrogen-bond acceptors (Lipinski definition) is 6. The van der Waals surface area contributed by atoms with Crippen LogP contribution in [-0.2, 0) is 21.1 Å². The minimum absolute atomic E-state index is 0.0193. The number of benzene rings is 3. The number of carbonyl (C=O) groups excluding carboxylic acids is 3. The molecule has 0 aliphatic carbocycles.